The number of nitrogens with two attached hydrogens (primary N) is 1. The molecule has 37 heavy (non-hydrogen) atoms. The van der Waals surface area contributed by atoms with Crippen LogP contribution in [0.15, 0.2) is 96.7 Å². The first-order valence-corrected chi connectivity index (χ1v) is 12.8. The highest BCUT2D eigenvalue weighted by Gasteiger charge is 2.32. The summed E-state index contributed by atoms with van der Waals surface area (Å²) in [6, 6.07) is 27.6. The molecule has 5 nitrogen and oxygen atoms in total. The summed E-state index contributed by atoms with van der Waals surface area (Å²) in [4.78, 5) is 27.9. The molecule has 6 heteroatoms. The summed E-state index contributed by atoms with van der Waals surface area (Å²) in [6.45, 7) is 1.18. The predicted octanol–water partition coefficient (Wildman–Crippen LogP) is 6.17. The first-order valence-electron chi connectivity index (χ1n) is 12.4. The van der Waals surface area contributed by atoms with E-state index in [2.05, 4.69) is 10.6 Å². The topological polar surface area (TPSA) is 68.3 Å². The average Bonchev–Trinajstić information content (AvgIpc) is 3.52. The molecule has 0 bridgehead atoms. The molecule has 1 aliphatic heterocycles. The number of para-hydroxylation sites is 1. The lowest BCUT2D eigenvalue weighted by molar-refractivity contribution is -0.114. The number of benzene rings is 3. The van der Waals surface area contributed by atoms with Crippen molar-refractivity contribution in [3.8, 4) is 0 Å². The Hall–Kier alpha value is -4.09. The number of rotatable bonds is 4. The summed E-state index contributed by atoms with van der Waals surface area (Å²) in [5.41, 5.74) is 12.8. The molecule has 0 spiro atoms. The fourth-order valence-electron chi connectivity index (χ4n) is 5.69. The molecular formula is C31H26ClN3O2. The molecule has 1 atom stereocenters. The number of nitrogens with zero attached hydrogens (tertiary/aromatic N) is 2. The maximum atomic E-state index is 13.9. The Morgan fingerprint density at radius 1 is 0.892 bits per heavy atom. The van der Waals surface area contributed by atoms with Gasteiger partial charge in [0.15, 0.2) is 0 Å². The van der Waals surface area contributed by atoms with Crippen LogP contribution in [-0.2, 0) is 17.9 Å². The van der Waals surface area contributed by atoms with Crippen LogP contribution in [0, 0.1) is 0 Å². The Bertz CT molecular complexity index is 1550. The smallest absolute Gasteiger partial charge is 0.260 e. The number of fused-ring (bicyclic) bond motifs is 2. The van der Waals surface area contributed by atoms with Gasteiger partial charge in [-0.2, -0.15) is 0 Å². The number of amides is 2. The van der Waals surface area contributed by atoms with Crippen LogP contribution >= 0.6 is 11.6 Å². The lowest BCUT2D eigenvalue weighted by Gasteiger charge is -2.24. The molecule has 0 radical (unpaired) electrons. The van der Waals surface area contributed by atoms with Gasteiger partial charge in [-0.3, -0.25) is 9.59 Å². The number of hydrogen-bond acceptors (Lipinski definition) is 2. The van der Waals surface area contributed by atoms with E-state index in [0.29, 0.717) is 35.7 Å². The Morgan fingerprint density at radius 3 is 2.46 bits per heavy atom. The van der Waals surface area contributed by atoms with E-state index in [0.717, 1.165) is 40.1 Å². The Morgan fingerprint density at radius 2 is 1.68 bits per heavy atom. The van der Waals surface area contributed by atoms with Gasteiger partial charge in [-0.15, -0.1) is 0 Å². The molecule has 2 heterocycles. The van der Waals surface area contributed by atoms with Crippen molar-refractivity contribution < 1.29 is 9.59 Å². The van der Waals surface area contributed by atoms with Gasteiger partial charge in [-0.1, -0.05) is 66.2 Å². The second-order valence-electron chi connectivity index (χ2n) is 9.60. The number of hydrogen-bond donors (Lipinski definition) is 1. The fraction of sp³-hybridized carbons (Fsp3) is 0.161. The van der Waals surface area contributed by atoms with Gasteiger partial charge < -0.3 is 15.2 Å². The van der Waals surface area contributed by atoms with Crippen molar-refractivity contribution in [2.24, 2.45) is 5.73 Å². The molecule has 1 unspecified atom stereocenters. The van der Waals surface area contributed by atoms with E-state index >= 15 is 0 Å². The third-order valence-electron chi connectivity index (χ3n) is 7.48. The van der Waals surface area contributed by atoms with Crippen molar-refractivity contribution in [1.29, 1.82) is 0 Å². The van der Waals surface area contributed by atoms with E-state index in [9.17, 15) is 9.59 Å². The third-order valence-corrected chi connectivity index (χ3v) is 7.79. The zero-order valence-corrected chi connectivity index (χ0v) is 21.0. The van der Waals surface area contributed by atoms with E-state index in [1.54, 1.807) is 0 Å². The molecule has 4 aromatic rings. The van der Waals surface area contributed by atoms with Crippen LogP contribution < -0.4 is 10.6 Å². The van der Waals surface area contributed by atoms with Crippen LogP contribution in [0.5, 0.6) is 0 Å². The van der Waals surface area contributed by atoms with Gasteiger partial charge >= 0.3 is 0 Å². The third kappa shape index (κ3) is 4.15. The van der Waals surface area contributed by atoms with Gasteiger partial charge in [-0.25, -0.2) is 0 Å². The second-order valence-corrected chi connectivity index (χ2v) is 10.0. The molecule has 1 aliphatic carbocycles. The van der Waals surface area contributed by atoms with Crippen LogP contribution in [0.2, 0.25) is 5.02 Å². The number of carbonyl (C=O) groups excluding carboxylic acids is 2. The monoisotopic (exact) mass is 507 g/mol. The van der Waals surface area contributed by atoms with Crippen molar-refractivity contribution in [3.63, 3.8) is 0 Å². The second kappa shape index (κ2) is 9.41. The maximum Gasteiger partial charge on any atom is 0.260 e. The van der Waals surface area contributed by atoms with Crippen molar-refractivity contribution in [2.45, 2.75) is 31.8 Å². The van der Waals surface area contributed by atoms with E-state index < -0.39 is 0 Å². The number of aromatic nitrogens is 1. The van der Waals surface area contributed by atoms with E-state index in [1.165, 1.54) is 0 Å². The van der Waals surface area contributed by atoms with Gasteiger partial charge in [0.1, 0.15) is 0 Å². The van der Waals surface area contributed by atoms with Gasteiger partial charge in [0.2, 0.25) is 5.91 Å². The highest BCUT2D eigenvalue weighted by atomic mass is 35.5. The van der Waals surface area contributed by atoms with Crippen LogP contribution in [0.4, 0.5) is 5.69 Å². The molecule has 0 saturated heterocycles. The quantitative estimate of drug-likeness (QED) is 0.359. The first-order chi connectivity index (χ1) is 18.0. The minimum Gasteiger partial charge on any atom is -0.366 e. The van der Waals surface area contributed by atoms with Crippen molar-refractivity contribution in [2.75, 3.05) is 4.90 Å². The van der Waals surface area contributed by atoms with Gasteiger partial charge in [-0.05, 0) is 65.4 Å². The maximum absolute atomic E-state index is 13.9. The van der Waals surface area contributed by atoms with Crippen LogP contribution in [0.1, 0.15) is 51.5 Å². The summed E-state index contributed by atoms with van der Waals surface area (Å²) >= 11 is 6.80. The minimum absolute atomic E-state index is 0.0197. The Labute approximate surface area is 220 Å². The minimum atomic E-state index is -0.385. The van der Waals surface area contributed by atoms with E-state index in [-0.39, 0.29) is 17.7 Å². The Balaban J connectivity index is 1.36. The van der Waals surface area contributed by atoms with E-state index in [4.69, 9.17) is 17.3 Å². The zero-order valence-electron chi connectivity index (χ0n) is 20.2. The Kier molecular flexibility index (Phi) is 5.93. The molecule has 0 fully saturated rings. The molecule has 3 aromatic carbocycles. The molecule has 184 valence electrons. The lowest BCUT2D eigenvalue weighted by Crippen LogP contribution is -2.30. The highest BCUT2D eigenvalue weighted by molar-refractivity contribution is 6.34. The molecule has 0 saturated carbocycles. The summed E-state index contributed by atoms with van der Waals surface area (Å²) in [5.74, 6) is -0.542. The standard InChI is InChI=1S/C31H26ClN3O2/c32-27-17-21(24-14-15-26(30(33)36)29(24)20-7-2-1-3-8-20)12-13-25(27)31(37)35-19-23-10-6-16-34(23)18-22-9-4-5-11-28(22)35/h1-13,16-17,24H,14-15,18-19H2,(H2,33,36). The fourth-order valence-corrected chi connectivity index (χ4v) is 5.96. The zero-order chi connectivity index (χ0) is 25.5. The molecule has 1 aromatic heterocycles. The average molecular weight is 508 g/mol. The first kappa shape index (κ1) is 23.3. The number of primary amides is 1. The predicted molar refractivity (Wildman–Crippen MR) is 146 cm³/mol. The summed E-state index contributed by atoms with van der Waals surface area (Å²) in [6.07, 6.45) is 3.43. The largest absolute Gasteiger partial charge is 0.366 e. The summed E-state index contributed by atoms with van der Waals surface area (Å²) < 4.78 is 2.17. The lowest BCUT2D eigenvalue weighted by atomic mass is 9.87. The van der Waals surface area contributed by atoms with Crippen molar-refractivity contribution in [3.05, 3.63) is 130 Å². The SMILES string of the molecule is NC(=O)C1=C(c2ccccc2)C(c2ccc(C(=O)N3Cc4cccn4Cc4ccccc43)c(Cl)c2)CC1. The van der Waals surface area contributed by atoms with Crippen molar-refractivity contribution in [1.82, 2.24) is 4.57 Å². The van der Waals surface area contributed by atoms with Gasteiger partial charge in [0, 0.05) is 35.6 Å². The van der Waals surface area contributed by atoms with Gasteiger partial charge in [0.25, 0.3) is 5.91 Å². The molecular weight excluding hydrogens is 482 g/mol. The van der Waals surface area contributed by atoms with E-state index in [1.807, 2.05) is 90.0 Å². The highest BCUT2D eigenvalue weighted by Crippen LogP contribution is 2.46. The van der Waals surface area contributed by atoms with Crippen molar-refractivity contribution >= 4 is 34.7 Å². The normalized spacial score (nSPS) is 16.8. The number of halogens is 1. The number of carbonyl (C=O) groups is 2. The van der Waals surface area contributed by atoms with Crippen LogP contribution in [0.3, 0.4) is 0 Å². The van der Waals surface area contributed by atoms with Crippen LogP contribution in [-0.4, -0.2) is 16.4 Å². The molecule has 2 amide bonds. The number of anilines is 1. The van der Waals surface area contributed by atoms with Crippen LogP contribution in [0.25, 0.3) is 5.57 Å². The molecule has 2 N–H and O–H groups in total. The molecule has 2 aliphatic rings. The molecule has 6 rings (SSSR count). The summed E-state index contributed by atoms with van der Waals surface area (Å²) in [5, 5.41) is 0.402. The summed E-state index contributed by atoms with van der Waals surface area (Å²) in [7, 11) is 0. The number of allylic oxidation sites excluding steroid dienone is 1. The van der Waals surface area contributed by atoms with Gasteiger partial charge in [0.05, 0.1) is 17.1 Å².